The Morgan fingerprint density at radius 1 is 1.30 bits per heavy atom. The maximum absolute atomic E-state index is 11.6. The highest BCUT2D eigenvalue weighted by atomic mass is 35.5. The van der Waals surface area contributed by atoms with E-state index in [0.717, 1.165) is 0 Å². The first-order valence-corrected chi connectivity index (χ1v) is 6.12. The zero-order valence-corrected chi connectivity index (χ0v) is 12.4. The highest BCUT2D eigenvalue weighted by molar-refractivity contribution is 6.34. The number of carbonyl (C=O) groups excluding carboxylic acids is 1. The molecule has 0 aliphatic rings. The van der Waals surface area contributed by atoms with Crippen molar-refractivity contribution in [2.75, 3.05) is 12.4 Å². The Hall–Kier alpha value is -1.95. The van der Waals surface area contributed by atoms with Gasteiger partial charge < -0.3 is 14.6 Å². The Labute approximate surface area is 121 Å². The minimum absolute atomic E-state index is 0.0778. The van der Waals surface area contributed by atoms with Gasteiger partial charge in [0.1, 0.15) is 16.9 Å². The fourth-order valence-electron chi connectivity index (χ4n) is 1.40. The molecule has 2 N–H and O–H groups in total. The van der Waals surface area contributed by atoms with Crippen LogP contribution in [0.3, 0.4) is 0 Å². The van der Waals surface area contributed by atoms with E-state index in [1.54, 1.807) is 20.8 Å². The van der Waals surface area contributed by atoms with Crippen LogP contribution >= 0.6 is 11.6 Å². The monoisotopic (exact) mass is 301 g/mol. The van der Waals surface area contributed by atoms with Gasteiger partial charge in [0.25, 0.3) is 0 Å². The van der Waals surface area contributed by atoms with Gasteiger partial charge in [0, 0.05) is 6.07 Å². The number of aromatic carboxylic acids is 1. The quantitative estimate of drug-likeness (QED) is 0.894. The summed E-state index contributed by atoms with van der Waals surface area (Å²) in [4.78, 5) is 22.7. The normalized spacial score (nSPS) is 10.8. The lowest BCUT2D eigenvalue weighted by Gasteiger charge is -2.20. The molecule has 1 aromatic rings. The molecule has 1 aromatic carbocycles. The van der Waals surface area contributed by atoms with Crippen molar-refractivity contribution < 1.29 is 24.2 Å². The Kier molecular flexibility index (Phi) is 4.83. The second-order valence-electron chi connectivity index (χ2n) is 4.96. The number of amides is 1. The van der Waals surface area contributed by atoms with Crippen LogP contribution in [0.15, 0.2) is 12.1 Å². The number of nitrogens with one attached hydrogen (secondary N) is 1. The first kappa shape index (κ1) is 16.1. The van der Waals surface area contributed by atoms with Gasteiger partial charge in [0.15, 0.2) is 0 Å². The van der Waals surface area contributed by atoms with Gasteiger partial charge in [0.05, 0.1) is 17.8 Å². The number of halogens is 1. The maximum atomic E-state index is 11.6. The van der Waals surface area contributed by atoms with E-state index >= 15 is 0 Å². The van der Waals surface area contributed by atoms with E-state index in [-0.39, 0.29) is 22.0 Å². The zero-order chi connectivity index (χ0) is 15.5. The van der Waals surface area contributed by atoms with Crippen molar-refractivity contribution in [2.24, 2.45) is 0 Å². The molecule has 0 atom stereocenters. The van der Waals surface area contributed by atoms with Crippen molar-refractivity contribution in [3.8, 4) is 5.75 Å². The van der Waals surface area contributed by atoms with Crippen molar-refractivity contribution in [3.63, 3.8) is 0 Å². The summed E-state index contributed by atoms with van der Waals surface area (Å²) >= 11 is 5.93. The van der Waals surface area contributed by atoms with E-state index < -0.39 is 17.7 Å². The van der Waals surface area contributed by atoms with Crippen LogP contribution in [-0.2, 0) is 4.74 Å². The predicted molar refractivity (Wildman–Crippen MR) is 74.8 cm³/mol. The molecule has 0 fully saturated rings. The van der Waals surface area contributed by atoms with Crippen LogP contribution in [0.25, 0.3) is 0 Å². The molecule has 110 valence electrons. The van der Waals surface area contributed by atoms with E-state index in [1.165, 1.54) is 19.2 Å². The molecule has 0 aromatic heterocycles. The highest BCUT2D eigenvalue weighted by Crippen LogP contribution is 2.31. The summed E-state index contributed by atoms with van der Waals surface area (Å²) in [6.07, 6.45) is -0.690. The lowest BCUT2D eigenvalue weighted by molar-refractivity contribution is 0.0634. The number of carboxylic acid groups (broad SMARTS) is 1. The largest absolute Gasteiger partial charge is 0.496 e. The van der Waals surface area contributed by atoms with Crippen molar-refractivity contribution in [3.05, 3.63) is 22.7 Å². The fourth-order valence-corrected chi connectivity index (χ4v) is 1.61. The smallest absolute Gasteiger partial charge is 0.412 e. The van der Waals surface area contributed by atoms with Gasteiger partial charge in [0.2, 0.25) is 0 Å². The maximum Gasteiger partial charge on any atom is 0.412 e. The number of hydrogen-bond acceptors (Lipinski definition) is 4. The van der Waals surface area contributed by atoms with Gasteiger partial charge in [-0.2, -0.15) is 0 Å². The summed E-state index contributed by atoms with van der Waals surface area (Å²) in [5, 5.41) is 11.5. The molecular formula is C13H16ClNO5. The highest BCUT2D eigenvalue weighted by Gasteiger charge is 2.19. The average Bonchev–Trinajstić information content (AvgIpc) is 2.28. The standard InChI is InChI=1S/C13H16ClNO5/c1-13(2,3)20-12(18)15-9-6-10(19-4)7(11(16)17)5-8(9)14/h5-6H,1-4H3,(H,15,18)(H,16,17). The van der Waals surface area contributed by atoms with E-state index in [9.17, 15) is 9.59 Å². The van der Waals surface area contributed by atoms with Crippen molar-refractivity contribution in [2.45, 2.75) is 26.4 Å². The second kappa shape index (κ2) is 6.00. The summed E-state index contributed by atoms with van der Waals surface area (Å²) < 4.78 is 10.0. The zero-order valence-electron chi connectivity index (χ0n) is 11.6. The number of benzene rings is 1. The van der Waals surface area contributed by atoms with Crippen molar-refractivity contribution >= 4 is 29.4 Å². The molecule has 0 aliphatic heterocycles. The fraction of sp³-hybridized carbons (Fsp3) is 0.385. The molecule has 0 bridgehead atoms. The number of ether oxygens (including phenoxy) is 2. The summed E-state index contributed by atoms with van der Waals surface area (Å²) in [7, 11) is 1.33. The Balaban J connectivity index is 3.02. The molecule has 0 heterocycles. The Morgan fingerprint density at radius 2 is 1.90 bits per heavy atom. The third kappa shape index (κ3) is 4.31. The van der Waals surface area contributed by atoms with Gasteiger partial charge >= 0.3 is 12.1 Å². The number of hydrogen-bond donors (Lipinski definition) is 2. The van der Waals surface area contributed by atoms with E-state index in [2.05, 4.69) is 5.32 Å². The minimum atomic E-state index is -1.17. The molecule has 0 saturated carbocycles. The molecule has 1 amide bonds. The third-order valence-corrected chi connectivity index (χ3v) is 2.47. The van der Waals surface area contributed by atoms with Crippen LogP contribution in [0.2, 0.25) is 5.02 Å². The molecule has 0 aliphatic carbocycles. The minimum Gasteiger partial charge on any atom is -0.496 e. The summed E-state index contributed by atoms with van der Waals surface area (Å²) in [6, 6.07) is 2.53. The van der Waals surface area contributed by atoms with E-state index in [4.69, 9.17) is 26.2 Å². The Morgan fingerprint density at radius 3 is 2.35 bits per heavy atom. The van der Waals surface area contributed by atoms with Gasteiger partial charge in [-0.25, -0.2) is 9.59 Å². The van der Waals surface area contributed by atoms with Crippen LogP contribution in [0, 0.1) is 0 Å². The topological polar surface area (TPSA) is 84.9 Å². The molecule has 0 unspecified atom stereocenters. The molecule has 0 radical (unpaired) electrons. The molecular weight excluding hydrogens is 286 g/mol. The number of methoxy groups -OCH3 is 1. The lowest BCUT2D eigenvalue weighted by Crippen LogP contribution is -2.27. The van der Waals surface area contributed by atoms with Crippen LogP contribution in [0.4, 0.5) is 10.5 Å². The first-order valence-electron chi connectivity index (χ1n) is 5.75. The summed E-state index contributed by atoms with van der Waals surface area (Å²) in [5.74, 6) is -1.08. The summed E-state index contributed by atoms with van der Waals surface area (Å²) in [5.41, 5.74) is -0.531. The summed E-state index contributed by atoms with van der Waals surface area (Å²) in [6.45, 7) is 5.17. The van der Waals surface area contributed by atoms with E-state index in [1.807, 2.05) is 0 Å². The molecule has 7 heteroatoms. The Bertz CT molecular complexity index is 536. The van der Waals surface area contributed by atoms with Gasteiger partial charge in [-0.1, -0.05) is 11.6 Å². The molecule has 6 nitrogen and oxygen atoms in total. The van der Waals surface area contributed by atoms with Crippen molar-refractivity contribution in [1.82, 2.24) is 0 Å². The van der Waals surface area contributed by atoms with Crippen molar-refractivity contribution in [1.29, 1.82) is 0 Å². The number of carbonyl (C=O) groups is 2. The SMILES string of the molecule is COc1cc(NC(=O)OC(C)(C)C)c(Cl)cc1C(=O)O. The van der Waals surface area contributed by atoms with E-state index in [0.29, 0.717) is 0 Å². The second-order valence-corrected chi connectivity index (χ2v) is 5.37. The number of rotatable bonds is 3. The number of carboxylic acids is 1. The van der Waals surface area contributed by atoms with Crippen LogP contribution < -0.4 is 10.1 Å². The predicted octanol–water partition coefficient (Wildman–Crippen LogP) is 3.39. The third-order valence-electron chi connectivity index (χ3n) is 2.16. The molecule has 1 rings (SSSR count). The lowest BCUT2D eigenvalue weighted by atomic mass is 10.2. The number of anilines is 1. The van der Waals surface area contributed by atoms with Gasteiger partial charge in [-0.3, -0.25) is 5.32 Å². The van der Waals surface area contributed by atoms with Crippen LogP contribution in [0.5, 0.6) is 5.75 Å². The molecule has 0 saturated heterocycles. The van der Waals surface area contributed by atoms with Gasteiger partial charge in [-0.15, -0.1) is 0 Å². The first-order chi connectivity index (χ1) is 9.14. The van der Waals surface area contributed by atoms with Gasteiger partial charge in [-0.05, 0) is 26.8 Å². The van der Waals surface area contributed by atoms with Crippen LogP contribution in [-0.4, -0.2) is 29.9 Å². The molecule has 0 spiro atoms. The van der Waals surface area contributed by atoms with Crippen LogP contribution in [0.1, 0.15) is 31.1 Å². The average molecular weight is 302 g/mol. The molecule has 20 heavy (non-hydrogen) atoms.